The predicted octanol–water partition coefficient (Wildman–Crippen LogP) is 2.46. The molecule has 3 heteroatoms. The Kier molecular flexibility index (Phi) is 5.03. The fraction of sp³-hybridized carbons (Fsp3) is 0.500. The second-order valence-corrected chi connectivity index (χ2v) is 6.03. The van der Waals surface area contributed by atoms with Crippen molar-refractivity contribution in [3.05, 3.63) is 34.9 Å². The number of rotatable bonds is 2. The van der Waals surface area contributed by atoms with Gasteiger partial charge in [-0.2, -0.15) is 0 Å². The van der Waals surface area contributed by atoms with E-state index in [1.54, 1.807) is 0 Å². The highest BCUT2D eigenvalue weighted by atomic mass is 16.2. The Morgan fingerprint density at radius 1 is 1.29 bits per heavy atom. The highest BCUT2D eigenvalue weighted by molar-refractivity contribution is 5.95. The monoisotopic (exact) mass is 285 g/mol. The molecule has 1 fully saturated rings. The van der Waals surface area contributed by atoms with Crippen molar-refractivity contribution in [1.82, 2.24) is 4.90 Å². The topological polar surface area (TPSA) is 40.5 Å². The van der Waals surface area contributed by atoms with E-state index < -0.39 is 0 Å². The number of aliphatic hydroxyl groups excluding tert-OH is 1. The fourth-order valence-corrected chi connectivity index (χ4v) is 2.68. The number of hydrogen-bond acceptors (Lipinski definition) is 2. The van der Waals surface area contributed by atoms with Crippen LogP contribution >= 0.6 is 0 Å². The van der Waals surface area contributed by atoms with E-state index in [0.29, 0.717) is 23.8 Å². The van der Waals surface area contributed by atoms with Gasteiger partial charge in [-0.05, 0) is 42.5 Å². The first-order valence-corrected chi connectivity index (χ1v) is 7.52. The Morgan fingerprint density at radius 2 is 1.95 bits per heavy atom. The molecule has 0 bridgehead atoms. The van der Waals surface area contributed by atoms with E-state index in [4.69, 9.17) is 5.11 Å². The Bertz CT molecular complexity index is 573. The Morgan fingerprint density at radius 3 is 2.57 bits per heavy atom. The number of likely N-dealkylation sites (tertiary alicyclic amines) is 1. The van der Waals surface area contributed by atoms with Crippen molar-refractivity contribution in [2.24, 2.45) is 11.8 Å². The van der Waals surface area contributed by atoms with Crippen LogP contribution in [0.15, 0.2) is 18.2 Å². The van der Waals surface area contributed by atoms with Crippen molar-refractivity contribution < 1.29 is 9.90 Å². The molecule has 1 amide bonds. The van der Waals surface area contributed by atoms with Crippen molar-refractivity contribution in [2.45, 2.75) is 27.2 Å². The SMILES string of the molecule is Cc1cc(C#CCCO)cc(C(=O)N2CC(C)C(C)C2)c1. The molecule has 3 nitrogen and oxygen atoms in total. The lowest BCUT2D eigenvalue weighted by Crippen LogP contribution is -2.29. The number of benzene rings is 1. The van der Waals surface area contributed by atoms with Crippen molar-refractivity contribution in [1.29, 1.82) is 0 Å². The number of aryl methyl sites for hydroxylation is 1. The summed E-state index contributed by atoms with van der Waals surface area (Å²) in [5.74, 6) is 7.13. The molecular formula is C18H23NO2. The van der Waals surface area contributed by atoms with Gasteiger partial charge >= 0.3 is 0 Å². The molecule has 21 heavy (non-hydrogen) atoms. The average Bonchev–Trinajstić information content (AvgIpc) is 2.77. The maximum Gasteiger partial charge on any atom is 0.253 e. The van der Waals surface area contributed by atoms with Gasteiger partial charge in [0.15, 0.2) is 0 Å². The van der Waals surface area contributed by atoms with Crippen LogP contribution in [0.2, 0.25) is 0 Å². The smallest absolute Gasteiger partial charge is 0.253 e. The number of hydrogen-bond donors (Lipinski definition) is 1. The van der Waals surface area contributed by atoms with Crippen LogP contribution in [0.5, 0.6) is 0 Å². The zero-order valence-electron chi connectivity index (χ0n) is 13.0. The van der Waals surface area contributed by atoms with E-state index in [9.17, 15) is 4.79 Å². The summed E-state index contributed by atoms with van der Waals surface area (Å²) >= 11 is 0. The molecule has 0 saturated carbocycles. The molecule has 1 N–H and O–H groups in total. The van der Waals surface area contributed by atoms with Gasteiger partial charge in [-0.1, -0.05) is 25.7 Å². The van der Waals surface area contributed by atoms with Crippen molar-refractivity contribution >= 4 is 5.91 Å². The van der Waals surface area contributed by atoms with E-state index in [1.807, 2.05) is 30.0 Å². The first-order chi connectivity index (χ1) is 10.0. The van der Waals surface area contributed by atoms with Gasteiger partial charge < -0.3 is 10.0 Å². The Balaban J connectivity index is 2.20. The van der Waals surface area contributed by atoms with E-state index in [0.717, 1.165) is 24.2 Å². The molecule has 0 spiro atoms. The summed E-state index contributed by atoms with van der Waals surface area (Å²) in [6.45, 7) is 8.09. The summed E-state index contributed by atoms with van der Waals surface area (Å²) in [4.78, 5) is 14.5. The molecule has 0 aliphatic carbocycles. The Hall–Kier alpha value is -1.79. The third-order valence-electron chi connectivity index (χ3n) is 4.07. The molecule has 0 radical (unpaired) electrons. The van der Waals surface area contributed by atoms with Crippen molar-refractivity contribution in [2.75, 3.05) is 19.7 Å². The minimum absolute atomic E-state index is 0.0636. The van der Waals surface area contributed by atoms with Gasteiger partial charge in [0.1, 0.15) is 0 Å². The van der Waals surface area contributed by atoms with Gasteiger partial charge in [0, 0.05) is 30.6 Å². The van der Waals surface area contributed by atoms with E-state index in [-0.39, 0.29) is 12.5 Å². The fourth-order valence-electron chi connectivity index (χ4n) is 2.68. The third-order valence-corrected chi connectivity index (χ3v) is 4.07. The summed E-state index contributed by atoms with van der Waals surface area (Å²) in [5.41, 5.74) is 2.59. The molecule has 2 rings (SSSR count). The summed E-state index contributed by atoms with van der Waals surface area (Å²) in [7, 11) is 0. The third kappa shape index (κ3) is 3.86. The van der Waals surface area contributed by atoms with Crippen molar-refractivity contribution in [3.8, 4) is 11.8 Å². The zero-order valence-corrected chi connectivity index (χ0v) is 13.0. The quantitative estimate of drug-likeness (QED) is 0.848. The number of carbonyl (C=O) groups is 1. The van der Waals surface area contributed by atoms with E-state index in [1.165, 1.54) is 0 Å². The zero-order chi connectivity index (χ0) is 15.4. The molecule has 2 atom stereocenters. The molecule has 1 heterocycles. The molecule has 1 aromatic carbocycles. The number of nitrogens with zero attached hydrogens (tertiary/aromatic N) is 1. The lowest BCUT2D eigenvalue weighted by atomic mass is 10.0. The lowest BCUT2D eigenvalue weighted by molar-refractivity contribution is 0.0785. The standard InChI is InChI=1S/C18H23NO2/c1-13-8-16(6-4-5-7-20)10-17(9-13)18(21)19-11-14(2)15(3)12-19/h8-10,14-15,20H,5,7,11-12H2,1-3H3. The van der Waals surface area contributed by atoms with Crippen LogP contribution in [0.1, 0.15) is 41.8 Å². The summed E-state index contributed by atoms with van der Waals surface area (Å²) < 4.78 is 0. The molecular weight excluding hydrogens is 262 g/mol. The average molecular weight is 285 g/mol. The number of amides is 1. The highest BCUT2D eigenvalue weighted by Gasteiger charge is 2.29. The van der Waals surface area contributed by atoms with Crippen LogP contribution in [-0.4, -0.2) is 35.6 Å². The van der Waals surface area contributed by atoms with Gasteiger partial charge in [0.25, 0.3) is 5.91 Å². The van der Waals surface area contributed by atoms with Crippen LogP contribution in [0.25, 0.3) is 0 Å². The largest absolute Gasteiger partial charge is 0.395 e. The van der Waals surface area contributed by atoms with Crippen molar-refractivity contribution in [3.63, 3.8) is 0 Å². The maximum absolute atomic E-state index is 12.6. The van der Waals surface area contributed by atoms with E-state index >= 15 is 0 Å². The summed E-state index contributed by atoms with van der Waals surface area (Å²) in [6, 6.07) is 5.75. The summed E-state index contributed by atoms with van der Waals surface area (Å²) in [5, 5.41) is 8.77. The van der Waals surface area contributed by atoms with Gasteiger partial charge in [-0.3, -0.25) is 4.79 Å². The molecule has 1 aliphatic rings. The van der Waals surface area contributed by atoms with Gasteiger partial charge in [0.05, 0.1) is 6.61 Å². The molecule has 1 aliphatic heterocycles. The lowest BCUT2D eigenvalue weighted by Gasteiger charge is -2.16. The van der Waals surface area contributed by atoms with Gasteiger partial charge in [-0.15, -0.1) is 0 Å². The highest BCUT2D eigenvalue weighted by Crippen LogP contribution is 2.24. The molecule has 112 valence electrons. The molecule has 1 aromatic rings. The molecule has 1 saturated heterocycles. The number of aliphatic hydroxyl groups is 1. The van der Waals surface area contributed by atoms with E-state index in [2.05, 4.69) is 25.7 Å². The van der Waals surface area contributed by atoms with Gasteiger partial charge in [-0.25, -0.2) is 0 Å². The first-order valence-electron chi connectivity index (χ1n) is 7.52. The normalized spacial score (nSPS) is 21.0. The maximum atomic E-state index is 12.6. The Labute approximate surface area is 127 Å². The first kappa shape index (κ1) is 15.6. The summed E-state index contributed by atoms with van der Waals surface area (Å²) in [6.07, 6.45) is 0.457. The molecule has 2 unspecified atom stereocenters. The van der Waals surface area contributed by atoms with Crippen LogP contribution < -0.4 is 0 Å². The molecule has 0 aromatic heterocycles. The van der Waals surface area contributed by atoms with Crippen LogP contribution in [0, 0.1) is 30.6 Å². The minimum Gasteiger partial charge on any atom is -0.395 e. The second-order valence-electron chi connectivity index (χ2n) is 6.03. The predicted molar refractivity (Wildman–Crippen MR) is 84.0 cm³/mol. The minimum atomic E-state index is 0.0636. The van der Waals surface area contributed by atoms with Crippen LogP contribution in [0.3, 0.4) is 0 Å². The van der Waals surface area contributed by atoms with Crippen LogP contribution in [-0.2, 0) is 0 Å². The number of carbonyl (C=O) groups excluding carboxylic acids is 1. The second kappa shape index (κ2) is 6.78. The van der Waals surface area contributed by atoms with Gasteiger partial charge in [0.2, 0.25) is 0 Å². The van der Waals surface area contributed by atoms with Crippen LogP contribution in [0.4, 0.5) is 0 Å².